The van der Waals surface area contributed by atoms with Gasteiger partial charge in [0.2, 0.25) is 0 Å². The molecule has 2 aromatic heterocycles. The standard InChI is InChI=1S/C32H33ClN4O4S/c1-20(24-7-4-8-27(30(24)33)41-23-11-14-36(2)15-12-23)40-28-17-29(42-31(28)32(38)39-3)37-19-35-25-16-21(9-10-26(25)37)22-6-5-13-34-18-22/h4,6-10,16-20,23H,5,11-15H2,1-3H3. The topological polar surface area (TPSA) is 78.2 Å². The number of carbonyl (C=O) groups excluding carboxylic acids is 1. The maximum Gasteiger partial charge on any atom is 0.351 e. The minimum absolute atomic E-state index is 0.129. The number of ether oxygens (including phenoxy) is 3. The molecule has 0 radical (unpaired) electrons. The lowest BCUT2D eigenvalue weighted by Crippen LogP contribution is -2.35. The van der Waals surface area contributed by atoms with Gasteiger partial charge in [0.25, 0.3) is 0 Å². The number of aliphatic imine (C=N–C) groups is 1. The van der Waals surface area contributed by atoms with E-state index in [1.54, 1.807) is 6.33 Å². The normalized spacial score (nSPS) is 16.8. The van der Waals surface area contributed by atoms with Crippen LogP contribution in [-0.4, -0.2) is 66.5 Å². The summed E-state index contributed by atoms with van der Waals surface area (Å²) in [5.41, 5.74) is 4.74. The fourth-order valence-corrected chi connectivity index (χ4v) is 6.66. The van der Waals surface area contributed by atoms with E-state index in [0.29, 0.717) is 21.4 Å². The third kappa shape index (κ3) is 5.82. The number of piperidine rings is 1. The van der Waals surface area contributed by atoms with Crippen molar-refractivity contribution in [3.8, 4) is 16.5 Å². The molecule has 1 unspecified atom stereocenters. The molecule has 0 amide bonds. The molecule has 1 saturated heterocycles. The predicted octanol–water partition coefficient (Wildman–Crippen LogP) is 7.00. The van der Waals surface area contributed by atoms with Crippen LogP contribution < -0.4 is 9.47 Å². The number of halogens is 1. The first kappa shape index (κ1) is 28.5. The Balaban J connectivity index is 1.26. The zero-order valence-electron chi connectivity index (χ0n) is 23.9. The van der Waals surface area contributed by atoms with Crippen LogP contribution in [0.3, 0.4) is 0 Å². The molecule has 0 spiro atoms. The number of esters is 1. The van der Waals surface area contributed by atoms with Crippen LogP contribution in [0.5, 0.6) is 11.5 Å². The molecular formula is C32H33ClN4O4S. The number of thiophene rings is 1. The Morgan fingerprint density at radius 1 is 1.14 bits per heavy atom. The number of carbonyl (C=O) groups is 1. The largest absolute Gasteiger partial charge is 0.489 e. The Morgan fingerprint density at radius 2 is 1.98 bits per heavy atom. The van der Waals surface area contributed by atoms with Gasteiger partial charge in [-0.25, -0.2) is 9.78 Å². The number of hydrogen-bond acceptors (Lipinski definition) is 8. The monoisotopic (exact) mass is 604 g/mol. The van der Waals surface area contributed by atoms with Crippen molar-refractivity contribution in [1.29, 1.82) is 0 Å². The van der Waals surface area contributed by atoms with Gasteiger partial charge in [0.15, 0.2) is 4.88 Å². The van der Waals surface area contributed by atoms with Crippen molar-refractivity contribution in [1.82, 2.24) is 14.5 Å². The molecule has 0 bridgehead atoms. The van der Waals surface area contributed by atoms with Crippen molar-refractivity contribution >= 4 is 51.7 Å². The third-order valence-electron chi connectivity index (χ3n) is 7.72. The molecule has 1 atom stereocenters. The molecule has 2 aromatic carbocycles. The van der Waals surface area contributed by atoms with E-state index >= 15 is 0 Å². The molecule has 2 aliphatic heterocycles. The lowest BCUT2D eigenvalue weighted by Gasteiger charge is -2.30. The van der Waals surface area contributed by atoms with E-state index in [1.807, 2.05) is 48.0 Å². The van der Waals surface area contributed by atoms with Crippen molar-refractivity contribution in [3.05, 3.63) is 75.9 Å². The number of hydrogen-bond donors (Lipinski definition) is 0. The summed E-state index contributed by atoms with van der Waals surface area (Å²) >= 11 is 8.13. The molecular weight excluding hydrogens is 572 g/mol. The van der Waals surface area contributed by atoms with E-state index in [4.69, 9.17) is 25.8 Å². The number of allylic oxidation sites excluding steroid dienone is 1. The number of rotatable bonds is 8. The van der Waals surface area contributed by atoms with E-state index in [9.17, 15) is 4.79 Å². The van der Waals surface area contributed by atoms with Gasteiger partial charge in [-0.05, 0) is 62.6 Å². The van der Waals surface area contributed by atoms with Crippen LogP contribution in [0.4, 0.5) is 0 Å². The summed E-state index contributed by atoms with van der Waals surface area (Å²) in [7, 11) is 3.49. The number of aromatic nitrogens is 2. The van der Waals surface area contributed by atoms with Crippen LogP contribution in [-0.2, 0) is 4.74 Å². The van der Waals surface area contributed by atoms with Gasteiger partial charge in [0.05, 0.1) is 23.2 Å². The molecule has 1 fully saturated rings. The van der Waals surface area contributed by atoms with Crippen LogP contribution in [0.25, 0.3) is 21.6 Å². The molecule has 10 heteroatoms. The summed E-state index contributed by atoms with van der Waals surface area (Å²) in [6.45, 7) is 4.74. The Morgan fingerprint density at radius 3 is 2.74 bits per heavy atom. The number of dihydropyridines is 1. The van der Waals surface area contributed by atoms with Crippen LogP contribution in [0.15, 0.2) is 59.9 Å². The van der Waals surface area contributed by atoms with Gasteiger partial charge in [-0.15, -0.1) is 11.3 Å². The average molecular weight is 605 g/mol. The van der Waals surface area contributed by atoms with E-state index in [2.05, 4.69) is 40.1 Å². The molecule has 4 aromatic rings. The minimum atomic E-state index is -0.464. The molecule has 0 N–H and O–H groups in total. The predicted molar refractivity (Wildman–Crippen MR) is 168 cm³/mol. The third-order valence-corrected chi connectivity index (χ3v) is 9.22. The number of fused-ring (bicyclic) bond motifs is 1. The summed E-state index contributed by atoms with van der Waals surface area (Å²) in [4.78, 5) is 24.5. The van der Waals surface area contributed by atoms with Gasteiger partial charge in [-0.2, -0.15) is 0 Å². The van der Waals surface area contributed by atoms with Gasteiger partial charge < -0.3 is 19.1 Å². The number of imidazole rings is 1. The van der Waals surface area contributed by atoms with Crippen LogP contribution in [0.1, 0.15) is 53.1 Å². The van der Waals surface area contributed by atoms with Crippen molar-refractivity contribution in [2.24, 2.45) is 4.99 Å². The Bertz CT molecular complexity index is 1670. The SMILES string of the molecule is COC(=O)c1sc(-n2cnc3cc(C4=CCCN=C4)ccc32)cc1OC(C)c1cccc(OC2CCN(C)CC2)c1Cl. The zero-order chi connectivity index (χ0) is 29.2. The maximum atomic E-state index is 12.8. The first-order valence-electron chi connectivity index (χ1n) is 14.1. The van der Waals surface area contributed by atoms with E-state index in [1.165, 1.54) is 18.4 Å². The van der Waals surface area contributed by atoms with Gasteiger partial charge in [-0.3, -0.25) is 9.56 Å². The number of methoxy groups -OCH3 is 1. The maximum absolute atomic E-state index is 12.8. The minimum Gasteiger partial charge on any atom is -0.489 e. The quantitative estimate of drug-likeness (QED) is 0.202. The van der Waals surface area contributed by atoms with Gasteiger partial charge in [-0.1, -0.05) is 35.9 Å². The van der Waals surface area contributed by atoms with E-state index in [0.717, 1.165) is 71.6 Å². The highest BCUT2D eigenvalue weighted by Crippen LogP contribution is 2.40. The lowest BCUT2D eigenvalue weighted by molar-refractivity contribution is 0.0600. The lowest BCUT2D eigenvalue weighted by atomic mass is 10.0. The average Bonchev–Trinajstić information content (AvgIpc) is 3.63. The molecule has 6 rings (SSSR count). The van der Waals surface area contributed by atoms with E-state index in [-0.39, 0.29) is 6.10 Å². The Kier molecular flexibility index (Phi) is 8.33. The second-order valence-electron chi connectivity index (χ2n) is 10.6. The summed E-state index contributed by atoms with van der Waals surface area (Å²) in [5.74, 6) is 0.612. The molecule has 4 heterocycles. The fourth-order valence-electron chi connectivity index (χ4n) is 5.34. The first-order valence-corrected chi connectivity index (χ1v) is 15.3. The number of nitrogens with zero attached hydrogens (tertiary/aromatic N) is 4. The second-order valence-corrected chi connectivity index (χ2v) is 12.0. The molecule has 218 valence electrons. The number of likely N-dealkylation sites (tertiary alicyclic amines) is 1. The molecule has 0 saturated carbocycles. The van der Waals surface area contributed by atoms with Crippen molar-refractivity contribution in [2.75, 3.05) is 33.8 Å². The fraction of sp³-hybridized carbons (Fsp3) is 0.344. The molecule has 42 heavy (non-hydrogen) atoms. The van der Waals surface area contributed by atoms with E-state index < -0.39 is 12.1 Å². The molecule has 8 nitrogen and oxygen atoms in total. The smallest absolute Gasteiger partial charge is 0.351 e. The Labute approximate surface area is 254 Å². The van der Waals surface area contributed by atoms with Crippen molar-refractivity contribution in [3.63, 3.8) is 0 Å². The summed E-state index contributed by atoms with van der Waals surface area (Å²) in [6, 6.07) is 13.8. The van der Waals surface area contributed by atoms with Gasteiger partial charge in [0, 0.05) is 37.5 Å². The summed E-state index contributed by atoms with van der Waals surface area (Å²) in [6.07, 6.45) is 8.41. The highest BCUT2D eigenvalue weighted by Gasteiger charge is 2.25. The van der Waals surface area contributed by atoms with Gasteiger partial charge in [0.1, 0.15) is 35.0 Å². The molecule has 2 aliphatic rings. The highest BCUT2D eigenvalue weighted by atomic mass is 35.5. The first-order chi connectivity index (χ1) is 20.4. The summed E-state index contributed by atoms with van der Waals surface area (Å²) < 4.78 is 19.7. The van der Waals surface area contributed by atoms with Crippen molar-refractivity contribution < 1.29 is 19.0 Å². The Hall–Kier alpha value is -3.66. The number of benzene rings is 2. The zero-order valence-corrected chi connectivity index (χ0v) is 25.5. The van der Waals surface area contributed by atoms with Gasteiger partial charge >= 0.3 is 5.97 Å². The highest BCUT2D eigenvalue weighted by molar-refractivity contribution is 7.16. The summed E-state index contributed by atoms with van der Waals surface area (Å²) in [5, 5.41) is 1.31. The van der Waals surface area contributed by atoms with Crippen molar-refractivity contribution in [2.45, 2.75) is 38.4 Å². The van der Waals surface area contributed by atoms with Crippen LogP contribution >= 0.6 is 22.9 Å². The van der Waals surface area contributed by atoms with Crippen LogP contribution in [0.2, 0.25) is 5.02 Å². The second kappa shape index (κ2) is 12.3. The van der Waals surface area contributed by atoms with Crippen LogP contribution in [0, 0.1) is 0 Å². The molecule has 0 aliphatic carbocycles.